The van der Waals surface area contributed by atoms with Crippen LogP contribution >= 0.6 is 0 Å². The van der Waals surface area contributed by atoms with Gasteiger partial charge in [0, 0.05) is 5.56 Å². The summed E-state index contributed by atoms with van der Waals surface area (Å²) in [6, 6.07) is 12.5. The highest BCUT2D eigenvalue weighted by atomic mass is 19.1. The number of aliphatic hydroxyl groups is 1. The van der Waals surface area contributed by atoms with Crippen LogP contribution in [-0.2, 0) is 4.79 Å². The number of para-hydroxylation sites is 1. The average molecular weight is 315 g/mol. The molecule has 2 aromatic rings. The molecule has 2 N–H and O–H groups in total. The lowest BCUT2D eigenvalue weighted by Crippen LogP contribution is -2.46. The maximum Gasteiger partial charge on any atom is 0.227 e. The van der Waals surface area contributed by atoms with Gasteiger partial charge in [-0.2, -0.15) is 0 Å². The molecule has 23 heavy (non-hydrogen) atoms. The second kappa shape index (κ2) is 6.38. The van der Waals surface area contributed by atoms with Crippen molar-refractivity contribution >= 4 is 5.91 Å². The second-order valence-corrected chi connectivity index (χ2v) is 5.68. The summed E-state index contributed by atoms with van der Waals surface area (Å²) in [5.74, 6) is -0.380. The average Bonchev–Trinajstić information content (AvgIpc) is 2.57. The Labute approximate surface area is 133 Å². The van der Waals surface area contributed by atoms with Crippen LogP contribution in [0.15, 0.2) is 48.5 Å². The fraction of sp³-hybridized carbons (Fsp3) is 0.278. The number of halogens is 1. The molecule has 2 aromatic carbocycles. The Kier molecular flexibility index (Phi) is 4.30. The third-order valence-electron chi connectivity index (χ3n) is 4.13. The monoisotopic (exact) mass is 315 g/mol. The molecule has 0 radical (unpaired) electrons. The fourth-order valence-corrected chi connectivity index (χ4v) is 2.67. The zero-order chi connectivity index (χ0) is 16.4. The number of amides is 1. The summed E-state index contributed by atoms with van der Waals surface area (Å²) < 4.78 is 18.5. The van der Waals surface area contributed by atoms with Crippen LogP contribution in [0.3, 0.4) is 0 Å². The molecular weight excluding hydrogens is 297 g/mol. The second-order valence-electron chi connectivity index (χ2n) is 5.68. The lowest BCUT2D eigenvalue weighted by molar-refractivity contribution is -0.124. The highest BCUT2D eigenvalue weighted by Crippen LogP contribution is 2.32. The van der Waals surface area contributed by atoms with Crippen molar-refractivity contribution in [2.45, 2.75) is 25.0 Å². The molecule has 0 spiro atoms. The van der Waals surface area contributed by atoms with Crippen molar-refractivity contribution in [3.05, 3.63) is 65.5 Å². The van der Waals surface area contributed by atoms with E-state index in [1.165, 1.54) is 12.1 Å². The Hall–Kier alpha value is -2.40. The first kappa shape index (κ1) is 15.5. The van der Waals surface area contributed by atoms with Gasteiger partial charge < -0.3 is 15.2 Å². The van der Waals surface area contributed by atoms with Gasteiger partial charge in [-0.1, -0.05) is 30.3 Å². The molecule has 1 heterocycles. The molecule has 0 saturated carbocycles. The first-order valence-electron chi connectivity index (χ1n) is 7.52. The number of hydrogen-bond donors (Lipinski definition) is 2. The summed E-state index contributed by atoms with van der Waals surface area (Å²) >= 11 is 0. The van der Waals surface area contributed by atoms with Crippen LogP contribution < -0.4 is 10.1 Å². The number of aliphatic hydroxyl groups excluding tert-OH is 1. The van der Waals surface area contributed by atoms with Crippen LogP contribution in [0.1, 0.15) is 30.1 Å². The van der Waals surface area contributed by atoms with Crippen molar-refractivity contribution in [2.75, 3.05) is 6.61 Å². The molecule has 0 saturated heterocycles. The SMILES string of the molecule is CC(C(=O)N[C@@H]1COc2ccccc2[C@@H]1O)c1ccc(F)cc1. The van der Waals surface area contributed by atoms with Crippen LogP contribution in [-0.4, -0.2) is 23.7 Å². The minimum Gasteiger partial charge on any atom is -0.491 e. The van der Waals surface area contributed by atoms with Gasteiger partial charge in [0.25, 0.3) is 0 Å². The Bertz CT molecular complexity index is 702. The van der Waals surface area contributed by atoms with Crippen molar-refractivity contribution in [3.8, 4) is 5.75 Å². The van der Waals surface area contributed by atoms with E-state index in [1.54, 1.807) is 31.2 Å². The van der Waals surface area contributed by atoms with E-state index in [-0.39, 0.29) is 18.3 Å². The first-order chi connectivity index (χ1) is 11.1. The van der Waals surface area contributed by atoms with Gasteiger partial charge in [0.15, 0.2) is 0 Å². The van der Waals surface area contributed by atoms with Gasteiger partial charge in [0.1, 0.15) is 24.3 Å². The van der Waals surface area contributed by atoms with Gasteiger partial charge in [0.05, 0.1) is 12.0 Å². The van der Waals surface area contributed by atoms with Crippen LogP contribution in [0.4, 0.5) is 4.39 Å². The molecule has 0 fully saturated rings. The molecule has 3 atom stereocenters. The number of benzene rings is 2. The third kappa shape index (κ3) is 3.19. The summed E-state index contributed by atoms with van der Waals surface area (Å²) in [7, 11) is 0. The lowest BCUT2D eigenvalue weighted by atomic mass is 9.96. The highest BCUT2D eigenvalue weighted by molar-refractivity contribution is 5.83. The van der Waals surface area contributed by atoms with Crippen molar-refractivity contribution < 1.29 is 19.0 Å². The molecular formula is C18H18FNO3. The van der Waals surface area contributed by atoms with Crippen molar-refractivity contribution in [3.63, 3.8) is 0 Å². The maximum absolute atomic E-state index is 13.0. The first-order valence-corrected chi connectivity index (χ1v) is 7.52. The van der Waals surface area contributed by atoms with Gasteiger partial charge in [0.2, 0.25) is 5.91 Å². The zero-order valence-corrected chi connectivity index (χ0v) is 12.7. The number of rotatable bonds is 3. The molecule has 5 heteroatoms. The minimum atomic E-state index is -0.815. The molecule has 4 nitrogen and oxygen atoms in total. The van der Waals surface area contributed by atoms with E-state index in [2.05, 4.69) is 5.32 Å². The Balaban J connectivity index is 1.70. The van der Waals surface area contributed by atoms with Crippen LogP contribution in [0.2, 0.25) is 0 Å². The summed E-state index contributed by atoms with van der Waals surface area (Å²) in [4.78, 5) is 12.4. The topological polar surface area (TPSA) is 58.6 Å². The Morgan fingerprint density at radius 2 is 1.96 bits per heavy atom. The molecule has 0 aliphatic carbocycles. The van der Waals surface area contributed by atoms with E-state index >= 15 is 0 Å². The predicted molar refractivity (Wildman–Crippen MR) is 83.6 cm³/mol. The smallest absolute Gasteiger partial charge is 0.227 e. The Morgan fingerprint density at radius 3 is 2.70 bits per heavy atom. The molecule has 0 aromatic heterocycles. The van der Waals surface area contributed by atoms with Gasteiger partial charge in [-0.3, -0.25) is 4.79 Å². The van der Waals surface area contributed by atoms with Crippen molar-refractivity contribution in [2.24, 2.45) is 0 Å². The van der Waals surface area contributed by atoms with Crippen LogP contribution in [0, 0.1) is 5.82 Å². The summed E-state index contributed by atoms with van der Waals surface area (Å²) in [6.07, 6.45) is -0.815. The van der Waals surface area contributed by atoms with Crippen molar-refractivity contribution in [1.29, 1.82) is 0 Å². The van der Waals surface area contributed by atoms with Crippen LogP contribution in [0.25, 0.3) is 0 Å². The van der Waals surface area contributed by atoms with Gasteiger partial charge >= 0.3 is 0 Å². The normalized spacial score (nSPS) is 21.0. The minimum absolute atomic E-state index is 0.208. The number of fused-ring (bicyclic) bond motifs is 1. The standard InChI is InChI=1S/C18H18FNO3/c1-11(12-6-8-13(19)9-7-12)18(22)20-15-10-23-16-5-3-2-4-14(16)17(15)21/h2-9,11,15,17,21H,10H2,1H3,(H,20,22)/t11?,15-,17+/m1/s1. The van der Waals surface area contributed by atoms with E-state index in [1.807, 2.05) is 12.1 Å². The summed E-state index contributed by atoms with van der Waals surface area (Å²) in [5.41, 5.74) is 1.38. The maximum atomic E-state index is 13.0. The molecule has 1 amide bonds. The lowest BCUT2D eigenvalue weighted by Gasteiger charge is -2.31. The van der Waals surface area contributed by atoms with E-state index in [4.69, 9.17) is 4.74 Å². The largest absolute Gasteiger partial charge is 0.491 e. The number of ether oxygens (including phenoxy) is 1. The van der Waals surface area contributed by atoms with Crippen molar-refractivity contribution in [1.82, 2.24) is 5.32 Å². The van der Waals surface area contributed by atoms with E-state index in [9.17, 15) is 14.3 Å². The number of nitrogens with one attached hydrogen (secondary N) is 1. The predicted octanol–water partition coefficient (Wildman–Crippen LogP) is 2.54. The summed E-state index contributed by atoms with van der Waals surface area (Å²) in [6.45, 7) is 1.95. The number of hydrogen-bond acceptors (Lipinski definition) is 3. The molecule has 0 bridgehead atoms. The molecule has 3 rings (SSSR count). The van der Waals surface area contributed by atoms with E-state index in [0.29, 0.717) is 11.3 Å². The zero-order valence-electron chi connectivity index (χ0n) is 12.7. The van der Waals surface area contributed by atoms with Crippen LogP contribution in [0.5, 0.6) is 5.75 Å². The Morgan fingerprint density at radius 1 is 1.26 bits per heavy atom. The molecule has 1 aliphatic rings. The number of carbonyl (C=O) groups excluding carboxylic acids is 1. The van der Waals surface area contributed by atoms with Gasteiger partial charge in [-0.15, -0.1) is 0 Å². The van der Waals surface area contributed by atoms with E-state index < -0.39 is 18.1 Å². The van der Waals surface area contributed by atoms with Gasteiger partial charge in [-0.25, -0.2) is 4.39 Å². The molecule has 1 unspecified atom stereocenters. The van der Waals surface area contributed by atoms with E-state index in [0.717, 1.165) is 5.56 Å². The number of carbonyl (C=O) groups is 1. The summed E-state index contributed by atoms with van der Waals surface area (Å²) in [5, 5.41) is 13.2. The quantitative estimate of drug-likeness (QED) is 0.915. The van der Waals surface area contributed by atoms with Gasteiger partial charge in [-0.05, 0) is 30.7 Å². The third-order valence-corrected chi connectivity index (χ3v) is 4.13. The molecule has 120 valence electrons. The fourth-order valence-electron chi connectivity index (χ4n) is 2.67. The molecule has 1 aliphatic heterocycles. The highest BCUT2D eigenvalue weighted by Gasteiger charge is 2.31.